The van der Waals surface area contributed by atoms with Crippen LogP contribution in [0.4, 0.5) is 28.6 Å². The number of nitrogens with one attached hydrogen (secondary N) is 1. The Morgan fingerprint density at radius 3 is 2.47 bits per heavy atom. The fraction of sp³-hybridized carbons (Fsp3) is 0. The molecule has 0 spiro atoms. The number of nitrogens with zero attached hydrogens (tertiary/aromatic N) is 3. The minimum absolute atomic E-state index is 0.227. The Balaban J connectivity index is 1.40. The Morgan fingerprint density at radius 2 is 1.67 bits per heavy atom. The van der Waals surface area contributed by atoms with Crippen LogP contribution in [0, 0.1) is 0 Å². The van der Waals surface area contributed by atoms with Gasteiger partial charge < -0.3 is 15.5 Å². The Kier molecular flexibility index (Phi) is 5.27. The number of hydrogen-bond donors (Lipinski definition) is 2. The molecule has 0 aliphatic rings. The molecule has 7 heteroatoms. The van der Waals surface area contributed by atoms with Gasteiger partial charge in [-0.3, -0.25) is 9.69 Å². The highest BCUT2D eigenvalue weighted by molar-refractivity contribution is 6.10. The summed E-state index contributed by atoms with van der Waals surface area (Å²) in [5, 5.41) is 5.00. The normalized spacial score (nSPS) is 11.0. The van der Waals surface area contributed by atoms with Crippen molar-refractivity contribution >= 4 is 56.4 Å². The predicted molar refractivity (Wildman–Crippen MR) is 143 cm³/mol. The topological polar surface area (TPSA) is 97.3 Å². The number of amides is 1. The molecule has 0 atom stereocenters. The van der Waals surface area contributed by atoms with Crippen LogP contribution in [-0.2, 0) is 0 Å². The van der Waals surface area contributed by atoms with E-state index in [1.165, 1.54) is 6.33 Å². The number of nitrogen functional groups attached to an aromatic ring is 1. The van der Waals surface area contributed by atoms with Gasteiger partial charge in [0.25, 0.3) is 5.91 Å². The number of carbonyl (C=O) groups excluding carboxylic acids is 1. The number of anilines is 5. The number of benzene rings is 4. The summed E-state index contributed by atoms with van der Waals surface area (Å²) >= 11 is 0. The number of nitrogens with two attached hydrogens (primary N) is 1. The number of rotatable bonds is 5. The minimum Gasteiger partial charge on any atom is -0.454 e. The summed E-state index contributed by atoms with van der Waals surface area (Å²) < 4.78 is 6.29. The molecule has 0 unspecified atom stereocenters. The van der Waals surface area contributed by atoms with Crippen molar-refractivity contribution in [1.29, 1.82) is 0 Å². The molecule has 4 aromatic carbocycles. The van der Waals surface area contributed by atoms with Gasteiger partial charge in [0.2, 0.25) is 0 Å². The third-order valence-electron chi connectivity index (χ3n) is 5.95. The van der Waals surface area contributed by atoms with Gasteiger partial charge in [0.15, 0.2) is 5.58 Å². The second kappa shape index (κ2) is 8.88. The van der Waals surface area contributed by atoms with Gasteiger partial charge in [0.1, 0.15) is 17.7 Å². The molecule has 2 heterocycles. The lowest BCUT2D eigenvalue weighted by atomic mass is 10.1. The van der Waals surface area contributed by atoms with Crippen LogP contribution in [0.2, 0.25) is 0 Å². The molecule has 36 heavy (non-hydrogen) atoms. The first kappa shape index (κ1) is 21.4. The van der Waals surface area contributed by atoms with Gasteiger partial charge in [0.05, 0.1) is 5.69 Å². The molecule has 7 nitrogen and oxygen atoms in total. The minimum atomic E-state index is -0.227. The Hall–Kier alpha value is -5.17. The van der Waals surface area contributed by atoms with Gasteiger partial charge in [-0.15, -0.1) is 0 Å². The lowest BCUT2D eigenvalue weighted by Crippen LogP contribution is -2.13. The Labute approximate surface area is 206 Å². The van der Waals surface area contributed by atoms with Crippen LogP contribution in [-0.4, -0.2) is 15.9 Å². The van der Waals surface area contributed by atoms with Crippen molar-refractivity contribution < 1.29 is 9.21 Å². The largest absolute Gasteiger partial charge is 0.454 e. The summed E-state index contributed by atoms with van der Waals surface area (Å²) in [6.07, 6.45) is 3.22. The van der Waals surface area contributed by atoms with Gasteiger partial charge in [-0.05, 0) is 60.7 Å². The van der Waals surface area contributed by atoms with Crippen LogP contribution in [0.5, 0.6) is 0 Å². The molecular formula is C29H21N5O2. The fourth-order valence-electron chi connectivity index (χ4n) is 4.30. The van der Waals surface area contributed by atoms with Gasteiger partial charge >= 0.3 is 0 Å². The summed E-state index contributed by atoms with van der Waals surface area (Å²) in [6.45, 7) is 0. The van der Waals surface area contributed by atoms with Crippen molar-refractivity contribution in [3.05, 3.63) is 115 Å². The number of aromatic nitrogens is 2. The smallest absolute Gasteiger partial charge is 0.255 e. The SMILES string of the molecule is Nc1cccc(C(=O)Nc2ccc(N(c3ccncn3)c3cccc4c3oc3ccccc34)cc2)c1. The zero-order valence-electron chi connectivity index (χ0n) is 19.1. The summed E-state index contributed by atoms with van der Waals surface area (Å²) in [5.41, 5.74) is 10.8. The molecule has 0 aliphatic heterocycles. The number of carbonyl (C=O) groups is 1. The molecule has 3 N–H and O–H groups in total. The number of furan rings is 1. The fourth-order valence-corrected chi connectivity index (χ4v) is 4.30. The maximum absolute atomic E-state index is 12.7. The first-order chi connectivity index (χ1) is 17.7. The van der Waals surface area contributed by atoms with E-state index < -0.39 is 0 Å². The van der Waals surface area contributed by atoms with E-state index >= 15 is 0 Å². The van der Waals surface area contributed by atoms with Crippen LogP contribution in [0.3, 0.4) is 0 Å². The van der Waals surface area contributed by atoms with E-state index in [1.807, 2.05) is 65.6 Å². The maximum atomic E-state index is 12.7. The third kappa shape index (κ3) is 3.88. The standard InChI is InChI=1S/C29H21N5O2/c30-20-6-3-5-19(17-20)29(35)33-21-11-13-22(14-12-21)34(27-15-16-31-18-32-27)25-9-4-8-24-23-7-1-2-10-26(23)36-28(24)25/h1-18H,30H2,(H,33,35). The van der Waals surface area contributed by atoms with Crippen molar-refractivity contribution in [2.24, 2.45) is 0 Å². The van der Waals surface area contributed by atoms with Crippen molar-refractivity contribution in [3.8, 4) is 0 Å². The van der Waals surface area contributed by atoms with Gasteiger partial charge in [0, 0.05) is 39.6 Å². The quantitative estimate of drug-likeness (QED) is 0.272. The molecule has 2 aromatic heterocycles. The van der Waals surface area contributed by atoms with E-state index in [9.17, 15) is 4.79 Å². The van der Waals surface area contributed by atoms with E-state index in [0.29, 0.717) is 22.8 Å². The van der Waals surface area contributed by atoms with E-state index in [0.717, 1.165) is 33.3 Å². The third-order valence-corrected chi connectivity index (χ3v) is 5.95. The highest BCUT2D eigenvalue weighted by Crippen LogP contribution is 2.41. The van der Waals surface area contributed by atoms with Crippen LogP contribution < -0.4 is 16.0 Å². The summed E-state index contributed by atoms with van der Waals surface area (Å²) in [6, 6.07) is 30.3. The van der Waals surface area contributed by atoms with E-state index in [1.54, 1.807) is 30.5 Å². The van der Waals surface area contributed by atoms with Crippen molar-refractivity contribution in [2.75, 3.05) is 16.0 Å². The van der Waals surface area contributed by atoms with Crippen LogP contribution in [0.15, 0.2) is 114 Å². The molecule has 1 amide bonds. The molecule has 6 rings (SSSR count). The zero-order chi connectivity index (χ0) is 24.5. The number of fused-ring (bicyclic) bond motifs is 3. The number of para-hydroxylation sites is 2. The monoisotopic (exact) mass is 471 g/mol. The molecule has 174 valence electrons. The van der Waals surface area contributed by atoms with Crippen LogP contribution in [0.1, 0.15) is 10.4 Å². The Bertz CT molecular complexity index is 1690. The molecule has 0 fully saturated rings. The molecule has 0 saturated heterocycles. The lowest BCUT2D eigenvalue weighted by Gasteiger charge is -2.24. The molecule has 6 aromatic rings. The van der Waals surface area contributed by atoms with Crippen LogP contribution in [0.25, 0.3) is 21.9 Å². The average molecular weight is 472 g/mol. The molecule has 0 aliphatic carbocycles. The predicted octanol–water partition coefficient (Wildman–Crippen LogP) is 6.68. The van der Waals surface area contributed by atoms with Crippen molar-refractivity contribution in [3.63, 3.8) is 0 Å². The van der Waals surface area contributed by atoms with E-state index in [2.05, 4.69) is 27.4 Å². The maximum Gasteiger partial charge on any atom is 0.255 e. The van der Waals surface area contributed by atoms with Crippen LogP contribution >= 0.6 is 0 Å². The van der Waals surface area contributed by atoms with Crippen molar-refractivity contribution in [2.45, 2.75) is 0 Å². The first-order valence-electron chi connectivity index (χ1n) is 11.4. The van der Waals surface area contributed by atoms with Gasteiger partial charge in [-0.1, -0.05) is 36.4 Å². The molecule has 0 bridgehead atoms. The second-order valence-electron chi connectivity index (χ2n) is 8.28. The van der Waals surface area contributed by atoms with Gasteiger partial charge in [-0.2, -0.15) is 0 Å². The molecule has 0 saturated carbocycles. The average Bonchev–Trinajstić information content (AvgIpc) is 3.30. The Morgan fingerprint density at radius 1 is 0.861 bits per heavy atom. The second-order valence-corrected chi connectivity index (χ2v) is 8.28. The van der Waals surface area contributed by atoms with Gasteiger partial charge in [-0.25, -0.2) is 9.97 Å². The summed E-state index contributed by atoms with van der Waals surface area (Å²) in [4.78, 5) is 23.2. The lowest BCUT2D eigenvalue weighted by molar-refractivity contribution is 0.102. The number of hydrogen-bond acceptors (Lipinski definition) is 6. The highest BCUT2D eigenvalue weighted by Gasteiger charge is 2.20. The zero-order valence-corrected chi connectivity index (χ0v) is 19.1. The van der Waals surface area contributed by atoms with Crippen molar-refractivity contribution in [1.82, 2.24) is 9.97 Å². The van der Waals surface area contributed by atoms with E-state index in [-0.39, 0.29) is 5.91 Å². The first-order valence-corrected chi connectivity index (χ1v) is 11.4. The summed E-state index contributed by atoms with van der Waals surface area (Å²) in [7, 11) is 0. The molecule has 0 radical (unpaired) electrons. The summed E-state index contributed by atoms with van der Waals surface area (Å²) in [5.74, 6) is 0.462. The molecular weight excluding hydrogens is 450 g/mol. The highest BCUT2D eigenvalue weighted by atomic mass is 16.3. The van der Waals surface area contributed by atoms with E-state index in [4.69, 9.17) is 10.2 Å².